The Morgan fingerprint density at radius 2 is 1.69 bits per heavy atom. The van der Waals surface area contributed by atoms with Gasteiger partial charge < -0.3 is 14.6 Å². The fourth-order valence-corrected chi connectivity index (χ4v) is 2.08. The minimum atomic E-state index is -2.27. The van der Waals surface area contributed by atoms with Crippen LogP contribution in [0.3, 0.4) is 0 Å². The molecule has 5 nitrogen and oxygen atoms in total. The van der Waals surface area contributed by atoms with Gasteiger partial charge in [0.1, 0.15) is 0 Å². The van der Waals surface area contributed by atoms with Crippen molar-refractivity contribution in [3.05, 3.63) is 0 Å². The molecule has 0 bridgehead atoms. The highest BCUT2D eigenvalue weighted by atomic mass is 28.3. The standard InChI is InChI=1S/C7H15NO4Si/c1-5(4-8)13(11-6(2)9)12-7(3)10/h5,13H,4,8H2,1-3H3. The molecule has 13 heavy (non-hydrogen) atoms. The molecule has 0 amide bonds. The summed E-state index contributed by atoms with van der Waals surface area (Å²) < 4.78 is 9.78. The number of rotatable bonds is 4. The second-order valence-corrected chi connectivity index (χ2v) is 5.15. The van der Waals surface area contributed by atoms with Crippen LogP contribution in [0.5, 0.6) is 0 Å². The molecule has 0 aliphatic rings. The maximum atomic E-state index is 10.6. The maximum absolute atomic E-state index is 10.6. The van der Waals surface area contributed by atoms with Crippen molar-refractivity contribution >= 4 is 21.2 Å². The molecule has 0 rings (SSSR count). The Kier molecular flexibility index (Phi) is 5.32. The van der Waals surface area contributed by atoms with Gasteiger partial charge in [0, 0.05) is 19.4 Å². The first-order valence-corrected chi connectivity index (χ1v) is 5.62. The van der Waals surface area contributed by atoms with Crippen LogP contribution in [0.15, 0.2) is 0 Å². The fourth-order valence-electron chi connectivity index (χ4n) is 0.695. The van der Waals surface area contributed by atoms with Crippen molar-refractivity contribution in [3.8, 4) is 0 Å². The van der Waals surface area contributed by atoms with Gasteiger partial charge in [-0.05, 0) is 6.54 Å². The van der Waals surface area contributed by atoms with Crippen molar-refractivity contribution in [2.75, 3.05) is 6.54 Å². The van der Waals surface area contributed by atoms with E-state index >= 15 is 0 Å². The molecule has 1 unspecified atom stereocenters. The van der Waals surface area contributed by atoms with Crippen LogP contribution in [-0.4, -0.2) is 27.8 Å². The van der Waals surface area contributed by atoms with E-state index in [2.05, 4.69) is 0 Å². The molecule has 0 aromatic rings. The molecule has 0 fully saturated rings. The Morgan fingerprint density at radius 3 is 1.92 bits per heavy atom. The molecule has 76 valence electrons. The topological polar surface area (TPSA) is 78.6 Å². The third-order valence-corrected chi connectivity index (χ3v) is 3.73. The molecule has 0 aromatic carbocycles. The Labute approximate surface area is 79.0 Å². The van der Waals surface area contributed by atoms with E-state index in [1.54, 1.807) is 6.92 Å². The fraction of sp³-hybridized carbons (Fsp3) is 0.714. The average molecular weight is 205 g/mol. The monoisotopic (exact) mass is 205 g/mol. The molecular weight excluding hydrogens is 190 g/mol. The molecule has 0 saturated heterocycles. The zero-order valence-corrected chi connectivity index (χ0v) is 9.23. The Bertz CT molecular complexity index is 181. The summed E-state index contributed by atoms with van der Waals surface area (Å²) in [5.41, 5.74) is 5.31. The van der Waals surface area contributed by atoms with Gasteiger partial charge in [0.25, 0.3) is 11.9 Å². The van der Waals surface area contributed by atoms with Gasteiger partial charge in [-0.2, -0.15) is 0 Å². The van der Waals surface area contributed by atoms with Crippen LogP contribution >= 0.6 is 0 Å². The molecular formula is C7H15NO4Si. The maximum Gasteiger partial charge on any atom is 0.452 e. The summed E-state index contributed by atoms with van der Waals surface area (Å²) in [6.07, 6.45) is 0. The van der Waals surface area contributed by atoms with E-state index in [0.717, 1.165) is 0 Å². The molecule has 0 aliphatic carbocycles. The minimum Gasteiger partial charge on any atom is -0.487 e. The number of hydrogen-bond acceptors (Lipinski definition) is 5. The highest BCUT2D eigenvalue weighted by Gasteiger charge is 2.26. The SMILES string of the molecule is CC(=O)O[SiH](OC(C)=O)C(C)CN. The Balaban J connectivity index is 4.17. The van der Waals surface area contributed by atoms with Gasteiger partial charge in [0.15, 0.2) is 0 Å². The van der Waals surface area contributed by atoms with Gasteiger partial charge in [-0.15, -0.1) is 0 Å². The zero-order chi connectivity index (χ0) is 10.4. The van der Waals surface area contributed by atoms with Crippen LogP contribution in [0.2, 0.25) is 5.54 Å². The largest absolute Gasteiger partial charge is 0.487 e. The summed E-state index contributed by atoms with van der Waals surface area (Å²) in [5.74, 6) is -0.864. The van der Waals surface area contributed by atoms with Gasteiger partial charge >= 0.3 is 9.28 Å². The summed E-state index contributed by atoms with van der Waals surface area (Å²) in [6, 6.07) is 0. The Morgan fingerprint density at radius 1 is 1.31 bits per heavy atom. The Hall–Kier alpha value is -0.883. The number of carbonyl (C=O) groups excluding carboxylic acids is 2. The van der Waals surface area contributed by atoms with Gasteiger partial charge in [0.05, 0.1) is 0 Å². The normalized spacial score (nSPS) is 12.4. The molecule has 0 heterocycles. The highest BCUT2D eigenvalue weighted by Crippen LogP contribution is 2.09. The predicted octanol–water partition coefficient (Wildman–Crippen LogP) is -0.318. The van der Waals surface area contributed by atoms with Gasteiger partial charge in [-0.3, -0.25) is 9.59 Å². The quantitative estimate of drug-likeness (QED) is 0.636. The first-order valence-electron chi connectivity index (χ1n) is 4.02. The molecule has 6 heteroatoms. The van der Waals surface area contributed by atoms with E-state index in [1.165, 1.54) is 13.8 Å². The summed E-state index contributed by atoms with van der Waals surface area (Å²) in [5, 5.41) is 0. The molecule has 0 aliphatic heterocycles. The van der Waals surface area contributed by atoms with Crippen molar-refractivity contribution in [3.63, 3.8) is 0 Å². The van der Waals surface area contributed by atoms with E-state index in [9.17, 15) is 9.59 Å². The van der Waals surface area contributed by atoms with Crippen LogP contribution in [-0.2, 0) is 18.4 Å². The van der Waals surface area contributed by atoms with Crippen molar-refractivity contribution in [1.82, 2.24) is 0 Å². The summed E-state index contributed by atoms with van der Waals surface area (Å²) >= 11 is 0. The van der Waals surface area contributed by atoms with Crippen molar-refractivity contribution < 1.29 is 18.4 Å². The van der Waals surface area contributed by atoms with Crippen molar-refractivity contribution in [1.29, 1.82) is 0 Å². The van der Waals surface area contributed by atoms with Gasteiger partial charge in [-0.1, -0.05) is 6.92 Å². The van der Waals surface area contributed by atoms with Gasteiger partial charge in [0.2, 0.25) is 0 Å². The highest BCUT2D eigenvalue weighted by molar-refractivity contribution is 6.50. The summed E-state index contributed by atoms with van der Waals surface area (Å²) in [6.45, 7) is 4.71. The predicted molar refractivity (Wildman–Crippen MR) is 49.2 cm³/mol. The van der Waals surface area contributed by atoms with Gasteiger partial charge in [-0.25, -0.2) is 0 Å². The molecule has 0 radical (unpaired) electrons. The molecule has 2 N–H and O–H groups in total. The first kappa shape index (κ1) is 12.1. The van der Waals surface area contributed by atoms with E-state index in [4.69, 9.17) is 14.6 Å². The van der Waals surface area contributed by atoms with Crippen molar-refractivity contribution in [2.45, 2.75) is 26.3 Å². The lowest BCUT2D eigenvalue weighted by atomic mass is 10.5. The average Bonchev–Trinajstić information content (AvgIpc) is 2.00. The second-order valence-electron chi connectivity index (χ2n) is 2.80. The summed E-state index contributed by atoms with van der Waals surface area (Å²) in [7, 11) is -2.27. The van der Waals surface area contributed by atoms with Crippen LogP contribution < -0.4 is 5.73 Å². The molecule has 0 aromatic heterocycles. The molecule has 1 atom stereocenters. The van der Waals surface area contributed by atoms with Crippen LogP contribution in [0.1, 0.15) is 20.8 Å². The number of nitrogens with two attached hydrogens (primary N) is 1. The van der Waals surface area contributed by atoms with Crippen LogP contribution in [0.4, 0.5) is 0 Å². The number of hydrogen-bond donors (Lipinski definition) is 1. The van der Waals surface area contributed by atoms with E-state index in [-0.39, 0.29) is 5.54 Å². The zero-order valence-electron chi connectivity index (χ0n) is 8.07. The minimum absolute atomic E-state index is 0.0622. The smallest absolute Gasteiger partial charge is 0.452 e. The third-order valence-electron chi connectivity index (χ3n) is 1.40. The summed E-state index contributed by atoms with van der Waals surface area (Å²) in [4.78, 5) is 21.3. The van der Waals surface area contributed by atoms with Crippen LogP contribution in [0.25, 0.3) is 0 Å². The van der Waals surface area contributed by atoms with Crippen LogP contribution in [0, 0.1) is 0 Å². The lowest BCUT2D eigenvalue weighted by Crippen LogP contribution is -2.34. The van der Waals surface area contributed by atoms with Crippen molar-refractivity contribution in [2.24, 2.45) is 5.73 Å². The third kappa shape index (κ3) is 5.37. The lowest BCUT2D eigenvalue weighted by Gasteiger charge is -2.19. The molecule has 0 spiro atoms. The van der Waals surface area contributed by atoms with E-state index in [0.29, 0.717) is 6.54 Å². The van der Waals surface area contributed by atoms with E-state index in [1.807, 2.05) is 0 Å². The van der Waals surface area contributed by atoms with E-state index < -0.39 is 21.2 Å². The molecule has 0 saturated carbocycles. The number of carbonyl (C=O) groups is 2. The first-order chi connectivity index (χ1) is 5.97. The second kappa shape index (κ2) is 5.71. The lowest BCUT2D eigenvalue weighted by molar-refractivity contribution is -0.137.